The molecule has 1 aromatic heterocycles. The minimum absolute atomic E-state index is 0.112. The van der Waals surface area contributed by atoms with Gasteiger partial charge in [0.1, 0.15) is 12.2 Å². The maximum Gasteiger partial charge on any atom is 0.336 e. The van der Waals surface area contributed by atoms with Gasteiger partial charge in [-0.05, 0) is 30.3 Å². The van der Waals surface area contributed by atoms with Crippen LogP contribution in [0.15, 0.2) is 68.3 Å². The van der Waals surface area contributed by atoms with Gasteiger partial charge in [-0.15, -0.1) is 0 Å². The fourth-order valence-corrected chi connectivity index (χ4v) is 2.81. The van der Waals surface area contributed by atoms with Gasteiger partial charge in [-0.2, -0.15) is 0 Å². The fraction of sp³-hybridized carbons (Fsp3) is 0.0526. The van der Waals surface area contributed by atoms with Gasteiger partial charge in [0.05, 0.1) is 10.5 Å². The fourth-order valence-electron chi connectivity index (χ4n) is 2.47. The molecular weight excluding hydrogens is 418 g/mol. The van der Waals surface area contributed by atoms with Crippen LogP contribution in [-0.2, 0) is 16.1 Å². The van der Waals surface area contributed by atoms with Crippen LogP contribution in [0.3, 0.4) is 0 Å². The van der Waals surface area contributed by atoms with Gasteiger partial charge < -0.3 is 9.15 Å². The molecule has 27 heavy (non-hydrogen) atoms. The zero-order chi connectivity index (χ0) is 19.4. The number of carbonyl (C=O) groups excluding carboxylic acids is 1. The lowest BCUT2D eigenvalue weighted by atomic mass is 10.1. The van der Waals surface area contributed by atoms with Crippen molar-refractivity contribution in [2.24, 2.45) is 0 Å². The standard InChI is InChI=1S/C19H12BrNO6/c20-14-6-7-15-13(9-19(23)27-17(15)10-14)11-26-18(22)8-5-12-3-1-2-4-16(12)21(24)25/h1-10H,11H2/b8-5-. The van der Waals surface area contributed by atoms with E-state index in [1.54, 1.807) is 24.3 Å². The second-order valence-corrected chi connectivity index (χ2v) is 6.40. The number of nitrogens with zero attached hydrogens (tertiary/aromatic N) is 1. The zero-order valence-corrected chi connectivity index (χ0v) is 15.3. The molecule has 2 aromatic carbocycles. The van der Waals surface area contributed by atoms with Gasteiger partial charge in [-0.1, -0.05) is 28.1 Å². The van der Waals surface area contributed by atoms with Crippen LogP contribution in [0.1, 0.15) is 11.1 Å². The molecule has 1 heterocycles. The Morgan fingerprint density at radius 1 is 1.22 bits per heavy atom. The van der Waals surface area contributed by atoms with Gasteiger partial charge in [-0.3, -0.25) is 10.1 Å². The number of esters is 1. The van der Waals surface area contributed by atoms with Gasteiger partial charge in [0, 0.05) is 33.6 Å². The van der Waals surface area contributed by atoms with Crippen molar-refractivity contribution in [1.82, 2.24) is 0 Å². The number of halogens is 1. The number of carbonyl (C=O) groups is 1. The van der Waals surface area contributed by atoms with Gasteiger partial charge in [0.2, 0.25) is 0 Å². The SMILES string of the molecule is O=C(/C=C\c1ccccc1[N+](=O)[O-])OCc1cc(=O)oc2cc(Br)ccc12. The molecule has 0 aliphatic heterocycles. The quantitative estimate of drug-likeness (QED) is 0.198. The van der Waals surface area contributed by atoms with Crippen LogP contribution in [0.4, 0.5) is 5.69 Å². The lowest BCUT2D eigenvalue weighted by Gasteiger charge is -2.06. The first kappa shape index (κ1) is 18.5. The summed E-state index contributed by atoms with van der Waals surface area (Å²) in [7, 11) is 0. The molecule has 0 saturated carbocycles. The summed E-state index contributed by atoms with van der Waals surface area (Å²) in [6, 6.07) is 12.5. The summed E-state index contributed by atoms with van der Waals surface area (Å²) in [5, 5.41) is 11.6. The molecule has 7 nitrogen and oxygen atoms in total. The van der Waals surface area contributed by atoms with Crippen LogP contribution in [0.25, 0.3) is 17.0 Å². The molecule has 0 fully saturated rings. The summed E-state index contributed by atoms with van der Waals surface area (Å²) in [6.07, 6.45) is 2.42. The number of ether oxygens (including phenoxy) is 1. The Labute approximate surface area is 161 Å². The lowest BCUT2D eigenvalue weighted by molar-refractivity contribution is -0.385. The van der Waals surface area contributed by atoms with Gasteiger partial charge in [0.25, 0.3) is 5.69 Å². The third kappa shape index (κ3) is 4.48. The van der Waals surface area contributed by atoms with Crippen molar-refractivity contribution in [2.75, 3.05) is 0 Å². The van der Waals surface area contributed by atoms with Crippen LogP contribution in [0.5, 0.6) is 0 Å². The minimum atomic E-state index is -0.688. The topological polar surface area (TPSA) is 99.6 Å². The van der Waals surface area contributed by atoms with Gasteiger partial charge in [-0.25, -0.2) is 9.59 Å². The van der Waals surface area contributed by atoms with E-state index in [1.165, 1.54) is 30.3 Å². The van der Waals surface area contributed by atoms with E-state index >= 15 is 0 Å². The van der Waals surface area contributed by atoms with Gasteiger partial charge in [0.15, 0.2) is 0 Å². The van der Waals surface area contributed by atoms with Crippen LogP contribution >= 0.6 is 15.9 Å². The highest BCUT2D eigenvalue weighted by Gasteiger charge is 2.11. The van der Waals surface area contributed by atoms with Crippen LogP contribution in [0, 0.1) is 10.1 Å². The van der Waals surface area contributed by atoms with E-state index in [2.05, 4.69) is 15.9 Å². The molecule has 0 spiro atoms. The van der Waals surface area contributed by atoms with Crippen molar-refractivity contribution in [3.05, 3.63) is 90.7 Å². The number of benzene rings is 2. The van der Waals surface area contributed by atoms with Crippen molar-refractivity contribution < 1.29 is 18.9 Å². The van der Waals surface area contributed by atoms with E-state index < -0.39 is 16.5 Å². The smallest absolute Gasteiger partial charge is 0.336 e. The maximum atomic E-state index is 12.0. The average molecular weight is 430 g/mol. The molecule has 0 radical (unpaired) electrons. The van der Waals surface area contributed by atoms with E-state index in [0.717, 1.165) is 10.5 Å². The third-order valence-electron chi connectivity index (χ3n) is 3.69. The first-order chi connectivity index (χ1) is 12.9. The van der Waals surface area contributed by atoms with Crippen molar-refractivity contribution in [3.8, 4) is 0 Å². The Balaban J connectivity index is 1.76. The average Bonchev–Trinajstić information content (AvgIpc) is 2.64. The number of fused-ring (bicyclic) bond motifs is 1. The van der Waals surface area contributed by atoms with Crippen molar-refractivity contribution >= 4 is 44.6 Å². The number of rotatable bonds is 5. The molecule has 0 amide bonds. The maximum absolute atomic E-state index is 12.0. The summed E-state index contributed by atoms with van der Waals surface area (Å²) in [5.74, 6) is -0.688. The first-order valence-corrected chi connectivity index (χ1v) is 8.54. The predicted octanol–water partition coefficient (Wildman–Crippen LogP) is 4.22. The highest BCUT2D eigenvalue weighted by atomic mass is 79.9. The van der Waals surface area contributed by atoms with Crippen molar-refractivity contribution in [1.29, 1.82) is 0 Å². The predicted molar refractivity (Wildman–Crippen MR) is 102 cm³/mol. The van der Waals surface area contributed by atoms with Gasteiger partial charge >= 0.3 is 11.6 Å². The van der Waals surface area contributed by atoms with E-state index in [-0.39, 0.29) is 17.9 Å². The van der Waals surface area contributed by atoms with E-state index in [9.17, 15) is 19.7 Å². The Morgan fingerprint density at radius 2 is 2.00 bits per heavy atom. The molecule has 136 valence electrons. The second kappa shape index (κ2) is 7.96. The third-order valence-corrected chi connectivity index (χ3v) is 4.19. The number of hydrogen-bond donors (Lipinski definition) is 0. The number of nitro benzene ring substituents is 1. The molecule has 0 saturated heterocycles. The summed E-state index contributed by atoms with van der Waals surface area (Å²) >= 11 is 3.30. The van der Waals surface area contributed by atoms with Crippen LogP contribution in [0.2, 0.25) is 0 Å². The number of nitro groups is 1. The second-order valence-electron chi connectivity index (χ2n) is 5.49. The molecular formula is C19H12BrNO6. The van der Waals surface area contributed by atoms with Crippen LogP contribution in [-0.4, -0.2) is 10.9 Å². The Hall–Kier alpha value is -3.26. The van der Waals surface area contributed by atoms with E-state index in [0.29, 0.717) is 16.5 Å². The molecule has 0 atom stereocenters. The van der Waals surface area contributed by atoms with E-state index in [1.807, 2.05) is 0 Å². The first-order valence-electron chi connectivity index (χ1n) is 7.74. The van der Waals surface area contributed by atoms with Crippen LogP contribution < -0.4 is 5.63 Å². The Morgan fingerprint density at radius 3 is 2.78 bits per heavy atom. The monoisotopic (exact) mass is 429 g/mol. The highest BCUT2D eigenvalue weighted by Crippen LogP contribution is 2.22. The molecule has 8 heteroatoms. The molecule has 0 aliphatic carbocycles. The van der Waals surface area contributed by atoms with E-state index in [4.69, 9.17) is 9.15 Å². The molecule has 0 unspecified atom stereocenters. The molecule has 3 rings (SSSR count). The molecule has 0 aliphatic rings. The highest BCUT2D eigenvalue weighted by molar-refractivity contribution is 9.10. The summed E-state index contributed by atoms with van der Waals surface area (Å²) in [5.41, 5.74) is 0.496. The summed E-state index contributed by atoms with van der Waals surface area (Å²) in [6.45, 7) is -0.135. The molecule has 3 aromatic rings. The molecule has 0 bridgehead atoms. The summed E-state index contributed by atoms with van der Waals surface area (Å²) in [4.78, 5) is 34.1. The Kier molecular flexibility index (Phi) is 5.46. The van der Waals surface area contributed by atoms with Crippen molar-refractivity contribution in [2.45, 2.75) is 6.61 Å². The number of hydrogen-bond acceptors (Lipinski definition) is 6. The molecule has 0 N–H and O–H groups in total. The Bertz CT molecular complexity index is 1120. The van der Waals surface area contributed by atoms with Crippen molar-refractivity contribution in [3.63, 3.8) is 0 Å². The minimum Gasteiger partial charge on any atom is -0.458 e. The largest absolute Gasteiger partial charge is 0.458 e. The normalized spacial score (nSPS) is 11.0. The lowest BCUT2D eigenvalue weighted by Crippen LogP contribution is -2.05. The zero-order valence-electron chi connectivity index (χ0n) is 13.8. The number of para-hydroxylation sites is 1. The summed E-state index contributed by atoms with van der Waals surface area (Å²) < 4.78 is 11.0.